The first kappa shape index (κ1) is 12.6. The van der Waals surface area contributed by atoms with Gasteiger partial charge in [-0.1, -0.05) is 0 Å². The highest BCUT2D eigenvalue weighted by molar-refractivity contribution is 5.18. The summed E-state index contributed by atoms with van der Waals surface area (Å²) in [6.07, 6.45) is 0.603. The van der Waals surface area contributed by atoms with Crippen LogP contribution in [0.1, 0.15) is 23.1 Å². The lowest BCUT2D eigenvalue weighted by atomic mass is 10.1. The minimum atomic E-state index is -4.49. The number of nitrogens with zero attached hydrogens (tertiary/aromatic N) is 2. The van der Waals surface area contributed by atoms with Gasteiger partial charge in [0, 0.05) is 25.0 Å². The minimum absolute atomic E-state index is 0.272. The Morgan fingerprint density at radius 2 is 1.94 bits per heavy atom. The molecule has 2 rings (SSSR count). The Balaban J connectivity index is 2.12. The minimum Gasteiger partial charge on any atom is -0.347 e. The molecule has 7 heteroatoms. The molecule has 0 aliphatic heterocycles. The molecule has 0 aliphatic rings. The van der Waals surface area contributed by atoms with Crippen LogP contribution in [0.3, 0.4) is 0 Å². The number of nitrogens with one attached hydrogen (secondary N) is 1. The van der Waals surface area contributed by atoms with Crippen molar-refractivity contribution in [2.24, 2.45) is 5.73 Å². The highest BCUT2D eigenvalue weighted by Crippen LogP contribution is 2.28. The van der Waals surface area contributed by atoms with E-state index in [4.69, 9.17) is 5.73 Å². The van der Waals surface area contributed by atoms with Gasteiger partial charge in [0.25, 0.3) is 0 Å². The second-order valence-corrected chi connectivity index (χ2v) is 3.83. The van der Waals surface area contributed by atoms with Gasteiger partial charge in [0.1, 0.15) is 5.82 Å². The van der Waals surface area contributed by atoms with Gasteiger partial charge < -0.3 is 10.7 Å². The van der Waals surface area contributed by atoms with Crippen molar-refractivity contribution in [3.8, 4) is 0 Å². The standard InChI is InChI=1S/C11H11F3N4/c12-11(13,14)9(15)10-17-6-8(18-10)5-7-1-3-16-4-2-7/h1-4,6,9H,5,15H2,(H,17,18)/t9-/m0/s1. The van der Waals surface area contributed by atoms with E-state index in [1.807, 2.05) is 0 Å². The molecule has 96 valence electrons. The van der Waals surface area contributed by atoms with Crippen molar-refractivity contribution in [3.05, 3.63) is 47.8 Å². The molecule has 0 spiro atoms. The first-order valence-electron chi connectivity index (χ1n) is 5.22. The predicted octanol–water partition coefficient (Wildman–Crippen LogP) is 1.96. The third kappa shape index (κ3) is 2.86. The van der Waals surface area contributed by atoms with Gasteiger partial charge in [-0.15, -0.1) is 0 Å². The van der Waals surface area contributed by atoms with E-state index >= 15 is 0 Å². The molecule has 4 nitrogen and oxygen atoms in total. The smallest absolute Gasteiger partial charge is 0.347 e. The van der Waals surface area contributed by atoms with Gasteiger partial charge in [0.05, 0.1) is 5.69 Å². The van der Waals surface area contributed by atoms with Crippen LogP contribution in [0.4, 0.5) is 13.2 Å². The summed E-state index contributed by atoms with van der Waals surface area (Å²) in [4.78, 5) is 10.2. The lowest BCUT2D eigenvalue weighted by Gasteiger charge is -2.12. The molecule has 0 aliphatic carbocycles. The topological polar surface area (TPSA) is 67.6 Å². The zero-order valence-corrected chi connectivity index (χ0v) is 9.28. The number of nitrogens with two attached hydrogens (primary N) is 1. The third-order valence-electron chi connectivity index (χ3n) is 2.43. The monoisotopic (exact) mass is 256 g/mol. The van der Waals surface area contributed by atoms with E-state index in [2.05, 4.69) is 15.0 Å². The Labute approximate surface area is 101 Å². The number of hydrogen-bond acceptors (Lipinski definition) is 3. The highest BCUT2D eigenvalue weighted by atomic mass is 19.4. The number of rotatable bonds is 3. The second-order valence-electron chi connectivity index (χ2n) is 3.83. The third-order valence-corrected chi connectivity index (χ3v) is 2.43. The van der Waals surface area contributed by atoms with E-state index in [0.717, 1.165) is 5.56 Å². The molecule has 2 aromatic rings. The summed E-state index contributed by atoms with van der Waals surface area (Å²) in [5, 5.41) is 0. The van der Waals surface area contributed by atoms with Crippen LogP contribution in [0, 0.1) is 0 Å². The Morgan fingerprint density at radius 1 is 1.28 bits per heavy atom. The van der Waals surface area contributed by atoms with Gasteiger partial charge in [-0.3, -0.25) is 4.98 Å². The van der Waals surface area contributed by atoms with Crippen LogP contribution in [0.2, 0.25) is 0 Å². The van der Waals surface area contributed by atoms with Gasteiger partial charge in [-0.05, 0) is 17.7 Å². The quantitative estimate of drug-likeness (QED) is 0.882. The molecule has 2 heterocycles. The summed E-state index contributed by atoms with van der Waals surface area (Å²) in [6.45, 7) is 0. The Bertz CT molecular complexity index is 507. The molecule has 0 saturated heterocycles. The fraction of sp³-hybridized carbons (Fsp3) is 0.273. The molecule has 0 radical (unpaired) electrons. The van der Waals surface area contributed by atoms with Gasteiger partial charge in [0.15, 0.2) is 6.04 Å². The largest absolute Gasteiger partial charge is 0.410 e. The summed E-state index contributed by atoms with van der Waals surface area (Å²) >= 11 is 0. The lowest BCUT2D eigenvalue weighted by molar-refractivity contribution is -0.150. The average Bonchev–Trinajstić information content (AvgIpc) is 2.76. The predicted molar refractivity (Wildman–Crippen MR) is 58.6 cm³/mol. The molecule has 0 unspecified atom stereocenters. The van der Waals surface area contributed by atoms with Crippen molar-refractivity contribution >= 4 is 0 Å². The lowest BCUT2D eigenvalue weighted by Crippen LogP contribution is -2.29. The number of aromatic nitrogens is 3. The van der Waals surface area contributed by atoms with Crippen molar-refractivity contribution < 1.29 is 13.2 Å². The van der Waals surface area contributed by atoms with Crippen LogP contribution in [0.5, 0.6) is 0 Å². The van der Waals surface area contributed by atoms with E-state index in [1.165, 1.54) is 6.20 Å². The number of aromatic amines is 1. The number of pyridine rings is 1. The molecule has 0 amide bonds. The summed E-state index contributed by atoms with van der Waals surface area (Å²) in [5.41, 5.74) is 6.48. The van der Waals surface area contributed by atoms with Gasteiger partial charge in [-0.2, -0.15) is 13.2 Å². The molecule has 0 bridgehead atoms. The molecule has 1 atom stereocenters. The second kappa shape index (κ2) is 4.77. The first-order chi connectivity index (χ1) is 8.47. The Kier molecular flexibility index (Phi) is 3.33. The molecule has 18 heavy (non-hydrogen) atoms. The van der Waals surface area contributed by atoms with E-state index in [9.17, 15) is 13.2 Å². The van der Waals surface area contributed by atoms with Crippen LogP contribution in [0.25, 0.3) is 0 Å². The molecular weight excluding hydrogens is 245 g/mol. The number of hydrogen-bond donors (Lipinski definition) is 2. The van der Waals surface area contributed by atoms with Crippen LogP contribution in [-0.4, -0.2) is 21.1 Å². The van der Waals surface area contributed by atoms with E-state index < -0.39 is 12.2 Å². The van der Waals surface area contributed by atoms with Crippen LogP contribution in [0.15, 0.2) is 30.7 Å². The molecule has 3 N–H and O–H groups in total. The Morgan fingerprint density at radius 3 is 2.56 bits per heavy atom. The van der Waals surface area contributed by atoms with Crippen molar-refractivity contribution in [2.45, 2.75) is 18.6 Å². The fourth-order valence-electron chi connectivity index (χ4n) is 1.49. The molecule has 0 fully saturated rings. The van der Waals surface area contributed by atoms with Crippen molar-refractivity contribution in [1.82, 2.24) is 15.0 Å². The summed E-state index contributed by atoms with van der Waals surface area (Å²) < 4.78 is 37.1. The zero-order chi connectivity index (χ0) is 13.2. The van der Waals surface area contributed by atoms with Gasteiger partial charge >= 0.3 is 6.18 Å². The maximum absolute atomic E-state index is 12.4. The number of alkyl halides is 3. The van der Waals surface area contributed by atoms with Crippen molar-refractivity contribution in [1.29, 1.82) is 0 Å². The molecule has 0 aromatic carbocycles. The SMILES string of the molecule is N[C@@H](c1nc(Cc2ccncc2)c[nH]1)C(F)(F)F. The van der Waals surface area contributed by atoms with Crippen LogP contribution < -0.4 is 5.73 Å². The van der Waals surface area contributed by atoms with Gasteiger partial charge in [0.2, 0.25) is 0 Å². The van der Waals surface area contributed by atoms with Crippen molar-refractivity contribution in [3.63, 3.8) is 0 Å². The fourth-order valence-corrected chi connectivity index (χ4v) is 1.49. The van der Waals surface area contributed by atoms with E-state index in [1.54, 1.807) is 24.5 Å². The van der Waals surface area contributed by atoms with Crippen LogP contribution in [-0.2, 0) is 6.42 Å². The van der Waals surface area contributed by atoms with Crippen molar-refractivity contribution in [2.75, 3.05) is 0 Å². The summed E-state index contributed by atoms with van der Waals surface area (Å²) in [6, 6.07) is 1.47. The summed E-state index contributed by atoms with van der Waals surface area (Å²) in [5.74, 6) is -0.272. The Hall–Kier alpha value is -1.89. The van der Waals surface area contributed by atoms with Crippen LogP contribution >= 0.6 is 0 Å². The molecule has 2 aromatic heterocycles. The first-order valence-corrected chi connectivity index (χ1v) is 5.22. The van der Waals surface area contributed by atoms with E-state index in [-0.39, 0.29) is 5.82 Å². The highest BCUT2D eigenvalue weighted by Gasteiger charge is 2.39. The maximum atomic E-state index is 12.4. The summed E-state index contributed by atoms with van der Waals surface area (Å²) in [7, 11) is 0. The molecular formula is C11H11F3N4. The average molecular weight is 256 g/mol. The zero-order valence-electron chi connectivity index (χ0n) is 9.28. The number of imidazole rings is 1. The normalized spacial score (nSPS) is 13.6. The molecule has 0 saturated carbocycles. The number of halogens is 3. The van der Waals surface area contributed by atoms with Gasteiger partial charge in [-0.25, -0.2) is 4.98 Å². The van der Waals surface area contributed by atoms with E-state index in [0.29, 0.717) is 12.1 Å². The maximum Gasteiger partial charge on any atom is 0.410 e. The number of H-pyrrole nitrogens is 1.